The van der Waals surface area contributed by atoms with Crippen LogP contribution in [0.1, 0.15) is 24.2 Å². The van der Waals surface area contributed by atoms with Crippen molar-refractivity contribution in [1.29, 1.82) is 0 Å². The molecular weight excluding hydrogens is 226 g/mol. The fourth-order valence-electron chi connectivity index (χ4n) is 1.90. The summed E-state index contributed by atoms with van der Waals surface area (Å²) in [5, 5.41) is 9.45. The van der Waals surface area contributed by atoms with Crippen molar-refractivity contribution < 1.29 is 9.84 Å². The van der Waals surface area contributed by atoms with E-state index in [-0.39, 0.29) is 0 Å². The Morgan fingerprint density at radius 1 is 1.22 bits per heavy atom. The zero-order valence-corrected chi connectivity index (χ0v) is 10.8. The molecular formula is C15H19NO2. The molecule has 0 spiro atoms. The quantitative estimate of drug-likeness (QED) is 0.879. The van der Waals surface area contributed by atoms with Crippen LogP contribution in [0, 0.1) is 0 Å². The molecule has 96 valence electrons. The first-order chi connectivity index (χ1) is 8.69. The lowest BCUT2D eigenvalue weighted by atomic mass is 10.1. The van der Waals surface area contributed by atoms with Gasteiger partial charge < -0.3 is 14.4 Å². The number of benzene rings is 1. The Morgan fingerprint density at radius 3 is 2.50 bits per heavy atom. The average Bonchev–Trinajstić information content (AvgIpc) is 2.86. The Hall–Kier alpha value is -1.74. The zero-order valence-electron chi connectivity index (χ0n) is 10.8. The van der Waals surface area contributed by atoms with E-state index in [9.17, 15) is 5.11 Å². The van der Waals surface area contributed by atoms with Gasteiger partial charge in [-0.15, -0.1) is 0 Å². The van der Waals surface area contributed by atoms with Gasteiger partial charge in [0.1, 0.15) is 5.75 Å². The monoisotopic (exact) mass is 245 g/mol. The summed E-state index contributed by atoms with van der Waals surface area (Å²) in [4.78, 5) is 0. The van der Waals surface area contributed by atoms with Crippen LogP contribution in [-0.2, 0) is 13.0 Å². The number of aliphatic hydroxyl groups is 1. The molecule has 0 aliphatic heterocycles. The summed E-state index contributed by atoms with van der Waals surface area (Å²) < 4.78 is 7.23. The lowest BCUT2D eigenvalue weighted by molar-refractivity contribution is 0.199. The first-order valence-corrected chi connectivity index (χ1v) is 6.15. The molecule has 1 unspecified atom stereocenters. The minimum atomic E-state index is -0.396. The number of ether oxygens (including phenoxy) is 1. The molecule has 0 saturated carbocycles. The molecule has 0 amide bonds. The van der Waals surface area contributed by atoms with E-state index in [0.717, 1.165) is 24.3 Å². The highest BCUT2D eigenvalue weighted by molar-refractivity contribution is 5.27. The van der Waals surface area contributed by atoms with E-state index in [0.29, 0.717) is 0 Å². The molecule has 0 radical (unpaired) electrons. The number of rotatable bonds is 5. The molecule has 1 aromatic carbocycles. The normalized spacial score (nSPS) is 12.4. The second-order valence-corrected chi connectivity index (χ2v) is 4.46. The van der Waals surface area contributed by atoms with Crippen LogP contribution in [0.5, 0.6) is 5.75 Å². The van der Waals surface area contributed by atoms with Gasteiger partial charge in [-0.3, -0.25) is 0 Å². The predicted octanol–water partition coefficient (Wildman–Crippen LogP) is 2.79. The van der Waals surface area contributed by atoms with Gasteiger partial charge in [0.25, 0.3) is 0 Å². The van der Waals surface area contributed by atoms with Crippen LogP contribution in [0.2, 0.25) is 0 Å². The van der Waals surface area contributed by atoms with Gasteiger partial charge in [0.05, 0.1) is 13.2 Å². The topological polar surface area (TPSA) is 34.4 Å². The SMILES string of the molecule is COc1ccc(CCn2ccc(C(C)O)c2)cc1. The van der Waals surface area contributed by atoms with Crippen LogP contribution in [0.4, 0.5) is 0 Å². The van der Waals surface area contributed by atoms with Crippen molar-refractivity contribution in [3.8, 4) is 5.75 Å². The molecule has 1 atom stereocenters. The number of aryl methyl sites for hydroxylation is 2. The first kappa shape index (κ1) is 12.7. The lowest BCUT2D eigenvalue weighted by Gasteiger charge is -2.05. The predicted molar refractivity (Wildman–Crippen MR) is 71.8 cm³/mol. The number of hydrogen-bond acceptors (Lipinski definition) is 2. The van der Waals surface area contributed by atoms with Crippen molar-refractivity contribution in [2.24, 2.45) is 0 Å². The van der Waals surface area contributed by atoms with E-state index >= 15 is 0 Å². The molecule has 2 aromatic rings. The van der Waals surface area contributed by atoms with Gasteiger partial charge in [0.15, 0.2) is 0 Å². The van der Waals surface area contributed by atoms with Crippen LogP contribution in [0.25, 0.3) is 0 Å². The third-order valence-electron chi connectivity index (χ3n) is 3.07. The van der Waals surface area contributed by atoms with Crippen molar-refractivity contribution in [3.63, 3.8) is 0 Å². The Morgan fingerprint density at radius 2 is 1.94 bits per heavy atom. The maximum atomic E-state index is 9.45. The number of aromatic nitrogens is 1. The number of aliphatic hydroxyl groups excluding tert-OH is 1. The van der Waals surface area contributed by atoms with E-state index < -0.39 is 6.10 Å². The second-order valence-electron chi connectivity index (χ2n) is 4.46. The maximum absolute atomic E-state index is 9.45. The summed E-state index contributed by atoms with van der Waals surface area (Å²) in [5.74, 6) is 0.885. The van der Waals surface area contributed by atoms with Crippen molar-refractivity contribution >= 4 is 0 Å². The van der Waals surface area contributed by atoms with E-state index in [1.165, 1.54) is 5.56 Å². The average molecular weight is 245 g/mol. The number of nitrogens with zero attached hydrogens (tertiary/aromatic N) is 1. The fraction of sp³-hybridized carbons (Fsp3) is 0.333. The highest BCUT2D eigenvalue weighted by Crippen LogP contribution is 2.14. The Labute approximate surface area is 108 Å². The molecule has 0 aliphatic carbocycles. The summed E-state index contributed by atoms with van der Waals surface area (Å²) in [6.07, 6.45) is 4.57. The number of methoxy groups -OCH3 is 1. The molecule has 3 heteroatoms. The van der Waals surface area contributed by atoms with E-state index in [1.54, 1.807) is 14.0 Å². The summed E-state index contributed by atoms with van der Waals surface area (Å²) in [5.41, 5.74) is 2.24. The third-order valence-corrected chi connectivity index (χ3v) is 3.07. The third kappa shape index (κ3) is 3.14. The largest absolute Gasteiger partial charge is 0.497 e. The fourth-order valence-corrected chi connectivity index (χ4v) is 1.90. The van der Waals surface area contributed by atoms with Gasteiger partial charge in [0.2, 0.25) is 0 Å². The molecule has 3 nitrogen and oxygen atoms in total. The summed E-state index contributed by atoms with van der Waals surface area (Å²) in [6, 6.07) is 10.1. The number of hydrogen-bond donors (Lipinski definition) is 1. The van der Waals surface area contributed by atoms with Gasteiger partial charge in [-0.05, 0) is 42.7 Å². The Bertz CT molecular complexity index is 485. The highest BCUT2D eigenvalue weighted by Gasteiger charge is 2.02. The molecule has 2 rings (SSSR count). The molecule has 0 fully saturated rings. The van der Waals surface area contributed by atoms with Crippen molar-refractivity contribution in [2.45, 2.75) is 26.0 Å². The first-order valence-electron chi connectivity index (χ1n) is 6.15. The Kier molecular flexibility index (Phi) is 4.05. The van der Waals surface area contributed by atoms with E-state index in [4.69, 9.17) is 4.74 Å². The van der Waals surface area contributed by atoms with Crippen LogP contribution >= 0.6 is 0 Å². The summed E-state index contributed by atoms with van der Waals surface area (Å²) in [7, 11) is 1.67. The van der Waals surface area contributed by atoms with Crippen molar-refractivity contribution in [3.05, 3.63) is 53.9 Å². The van der Waals surface area contributed by atoms with E-state index in [2.05, 4.69) is 16.7 Å². The standard InChI is InChI=1S/C15H19NO2/c1-12(17)14-8-10-16(11-14)9-7-13-3-5-15(18-2)6-4-13/h3-6,8,10-12,17H,7,9H2,1-2H3. The van der Waals surface area contributed by atoms with Gasteiger partial charge in [0, 0.05) is 18.9 Å². The summed E-state index contributed by atoms with van der Waals surface area (Å²) >= 11 is 0. The molecule has 1 heterocycles. The molecule has 0 aliphatic rings. The van der Waals surface area contributed by atoms with E-state index in [1.807, 2.05) is 30.6 Å². The van der Waals surface area contributed by atoms with Gasteiger partial charge in [-0.2, -0.15) is 0 Å². The minimum absolute atomic E-state index is 0.396. The molecule has 1 N–H and O–H groups in total. The zero-order chi connectivity index (χ0) is 13.0. The van der Waals surface area contributed by atoms with Gasteiger partial charge in [-0.1, -0.05) is 12.1 Å². The second kappa shape index (κ2) is 5.74. The molecule has 1 aromatic heterocycles. The van der Waals surface area contributed by atoms with Gasteiger partial charge in [-0.25, -0.2) is 0 Å². The molecule has 18 heavy (non-hydrogen) atoms. The maximum Gasteiger partial charge on any atom is 0.118 e. The molecule has 0 saturated heterocycles. The highest BCUT2D eigenvalue weighted by atomic mass is 16.5. The van der Waals surface area contributed by atoms with Crippen molar-refractivity contribution in [2.75, 3.05) is 7.11 Å². The van der Waals surface area contributed by atoms with Crippen LogP contribution in [-0.4, -0.2) is 16.8 Å². The van der Waals surface area contributed by atoms with Crippen LogP contribution in [0.3, 0.4) is 0 Å². The van der Waals surface area contributed by atoms with Crippen molar-refractivity contribution in [1.82, 2.24) is 4.57 Å². The Balaban J connectivity index is 1.93. The molecule has 0 bridgehead atoms. The van der Waals surface area contributed by atoms with Crippen LogP contribution < -0.4 is 4.74 Å². The van der Waals surface area contributed by atoms with Gasteiger partial charge >= 0.3 is 0 Å². The van der Waals surface area contributed by atoms with Crippen LogP contribution in [0.15, 0.2) is 42.7 Å². The summed E-state index contributed by atoms with van der Waals surface area (Å²) in [6.45, 7) is 2.70. The minimum Gasteiger partial charge on any atom is -0.497 e. The lowest BCUT2D eigenvalue weighted by Crippen LogP contribution is -1.99. The smallest absolute Gasteiger partial charge is 0.118 e.